The van der Waals surface area contributed by atoms with Crippen LogP contribution in [0.1, 0.15) is 6.92 Å². The van der Waals surface area contributed by atoms with Gasteiger partial charge in [-0.3, -0.25) is 5.84 Å². The van der Waals surface area contributed by atoms with Crippen LogP contribution in [0.4, 0.5) is 0 Å². The van der Waals surface area contributed by atoms with Gasteiger partial charge in [0, 0.05) is 0 Å². The number of nitrogen functional groups attached to an aromatic ring is 1. The van der Waals surface area contributed by atoms with E-state index in [0.717, 1.165) is 6.54 Å². The zero-order valence-corrected chi connectivity index (χ0v) is 6.45. The predicted molar refractivity (Wildman–Crippen MR) is 38.6 cm³/mol. The maximum absolute atomic E-state index is 8.25. The molecule has 8 heteroatoms. The molecule has 0 spiro atoms. The van der Waals surface area contributed by atoms with Gasteiger partial charge in [-0.15, -0.1) is 9.36 Å². The molecule has 0 aliphatic carbocycles. The fourth-order valence-electron chi connectivity index (χ4n) is 0.503. The number of aromatic nitrogens is 3. The zero-order chi connectivity index (χ0) is 9.56. The average Bonchev–Trinajstić information content (AvgIpc) is 2.34. The lowest BCUT2D eigenvalue weighted by Gasteiger charge is -1.77. The van der Waals surface area contributed by atoms with Crippen molar-refractivity contribution in [3.63, 3.8) is 0 Å². The van der Waals surface area contributed by atoms with Gasteiger partial charge in [-0.1, -0.05) is 0 Å². The Kier molecular flexibility index (Phi) is 4.12. The van der Waals surface area contributed by atoms with Gasteiger partial charge in [-0.05, 0) is 12.0 Å². The summed E-state index contributed by atoms with van der Waals surface area (Å²) in [6, 6.07) is 0. The molecule has 1 rings (SSSR count). The van der Waals surface area contributed by atoms with E-state index in [-0.39, 0.29) is 0 Å². The monoisotopic (exact) mass is 175 g/mol. The van der Waals surface area contributed by atoms with Gasteiger partial charge >= 0.3 is 0 Å². The maximum Gasteiger partial charge on any atom is 0.289 e. The smallest absolute Gasteiger partial charge is 0.289 e. The Morgan fingerprint density at radius 2 is 2.25 bits per heavy atom. The predicted octanol–water partition coefficient (Wildman–Crippen LogP) is -1.33. The zero-order valence-electron chi connectivity index (χ0n) is 6.45. The number of rotatable bonds is 1. The van der Waals surface area contributed by atoms with Crippen LogP contribution in [0.2, 0.25) is 0 Å². The third kappa shape index (κ3) is 4.97. The molecule has 0 atom stereocenters. The number of aryl methyl sites for hydroxylation is 1. The van der Waals surface area contributed by atoms with Crippen LogP contribution < -0.4 is 10.5 Å². The highest BCUT2D eigenvalue weighted by Crippen LogP contribution is 1.64. The molecule has 1 heterocycles. The van der Waals surface area contributed by atoms with E-state index >= 15 is 0 Å². The summed E-state index contributed by atoms with van der Waals surface area (Å²) in [6.07, 6.45) is 3.28. The van der Waals surface area contributed by atoms with Crippen LogP contribution in [-0.4, -0.2) is 14.9 Å². The molecule has 68 valence electrons. The second-order valence-corrected chi connectivity index (χ2v) is 1.77. The Labute approximate surface area is 67.9 Å². The third-order valence-corrected chi connectivity index (χ3v) is 0.924. The standard InChI is InChI=1S/C4H9N4.NO3/c1-2-8-4-7(5)3-6-8;2-1(3)4/h3-4H,2,5H2,1H3;/q+1;-1. The Balaban J connectivity index is 0.000000261. The van der Waals surface area contributed by atoms with Crippen molar-refractivity contribution in [3.8, 4) is 0 Å². The molecule has 0 unspecified atom stereocenters. The molecular formula is C4H9N5O3. The van der Waals surface area contributed by atoms with Gasteiger partial charge in [-0.2, -0.15) is 0 Å². The van der Waals surface area contributed by atoms with Crippen molar-refractivity contribution >= 4 is 0 Å². The first-order valence-electron chi connectivity index (χ1n) is 3.06. The maximum atomic E-state index is 8.25. The highest BCUT2D eigenvalue weighted by molar-refractivity contribution is 4.48. The van der Waals surface area contributed by atoms with Crippen molar-refractivity contribution < 1.29 is 9.77 Å². The molecule has 0 aliphatic rings. The molecule has 1 aromatic heterocycles. The summed E-state index contributed by atoms with van der Waals surface area (Å²) in [5, 5.41) is 18.6. The molecule has 0 saturated heterocycles. The molecule has 0 fully saturated rings. The van der Waals surface area contributed by atoms with Gasteiger partial charge in [0.1, 0.15) is 6.54 Å². The molecule has 0 aromatic carbocycles. The Bertz CT molecular complexity index is 243. The topological polar surface area (TPSA) is 114 Å². The lowest BCUT2D eigenvalue weighted by atomic mass is 10.8. The summed E-state index contributed by atoms with van der Waals surface area (Å²) in [5.74, 6) is 5.29. The third-order valence-electron chi connectivity index (χ3n) is 0.924. The summed E-state index contributed by atoms with van der Waals surface area (Å²) in [5.41, 5.74) is 0. The lowest BCUT2D eigenvalue weighted by Crippen LogP contribution is -2.33. The quantitative estimate of drug-likeness (QED) is 0.245. The van der Waals surface area contributed by atoms with Gasteiger partial charge in [0.15, 0.2) is 0 Å². The normalized spacial score (nSPS) is 8.42. The molecule has 2 N–H and O–H groups in total. The fraction of sp³-hybridized carbons (Fsp3) is 0.500. The lowest BCUT2D eigenvalue weighted by molar-refractivity contribution is -0.748. The Morgan fingerprint density at radius 3 is 2.42 bits per heavy atom. The molecule has 0 aliphatic heterocycles. The highest BCUT2D eigenvalue weighted by atomic mass is 16.9. The summed E-state index contributed by atoms with van der Waals surface area (Å²) in [6.45, 7) is 2.87. The van der Waals surface area contributed by atoms with Crippen LogP contribution in [0.25, 0.3) is 0 Å². The van der Waals surface area contributed by atoms with Gasteiger partial charge in [0.25, 0.3) is 6.33 Å². The Hall–Kier alpha value is -1.86. The van der Waals surface area contributed by atoms with E-state index in [1.165, 1.54) is 4.68 Å². The van der Waals surface area contributed by atoms with E-state index in [0.29, 0.717) is 0 Å². The van der Waals surface area contributed by atoms with E-state index in [1.807, 2.05) is 6.92 Å². The van der Waals surface area contributed by atoms with Crippen molar-refractivity contribution in [2.24, 2.45) is 0 Å². The van der Waals surface area contributed by atoms with Crippen molar-refractivity contribution in [2.45, 2.75) is 13.5 Å². The molecule has 0 bridgehead atoms. The van der Waals surface area contributed by atoms with Crippen LogP contribution in [0.5, 0.6) is 0 Å². The van der Waals surface area contributed by atoms with Crippen LogP contribution >= 0.6 is 0 Å². The average molecular weight is 175 g/mol. The van der Waals surface area contributed by atoms with Gasteiger partial charge in [0.05, 0.1) is 5.09 Å². The summed E-state index contributed by atoms with van der Waals surface area (Å²) in [4.78, 5) is 8.25. The minimum absolute atomic E-state index is 0.865. The molecule has 0 amide bonds. The first-order valence-corrected chi connectivity index (χ1v) is 3.06. The van der Waals surface area contributed by atoms with Gasteiger partial charge in [-0.25, -0.2) is 0 Å². The summed E-state index contributed by atoms with van der Waals surface area (Å²) < 4.78 is 3.17. The molecular weight excluding hydrogens is 166 g/mol. The van der Waals surface area contributed by atoms with Crippen molar-refractivity contribution in [2.75, 3.05) is 5.84 Å². The minimum Gasteiger partial charge on any atom is -0.356 e. The van der Waals surface area contributed by atoms with E-state index in [4.69, 9.17) is 21.2 Å². The van der Waals surface area contributed by atoms with Crippen LogP contribution in [-0.2, 0) is 6.54 Å². The number of nitrogens with zero attached hydrogens (tertiary/aromatic N) is 4. The molecule has 0 saturated carbocycles. The van der Waals surface area contributed by atoms with Crippen molar-refractivity contribution in [1.82, 2.24) is 9.77 Å². The van der Waals surface area contributed by atoms with E-state index in [2.05, 4.69) is 5.10 Å². The van der Waals surface area contributed by atoms with E-state index < -0.39 is 5.09 Å². The SMILES string of the molecule is CC[n+]1cn(N)cn1.O=[N+]([O-])[O-]. The number of nitrogens with two attached hydrogens (primary N) is 1. The Morgan fingerprint density at radius 1 is 1.75 bits per heavy atom. The number of hydrogen-bond acceptors (Lipinski definition) is 5. The second kappa shape index (κ2) is 4.88. The second-order valence-electron chi connectivity index (χ2n) is 1.77. The van der Waals surface area contributed by atoms with Crippen molar-refractivity contribution in [1.29, 1.82) is 0 Å². The molecule has 12 heavy (non-hydrogen) atoms. The fourth-order valence-corrected chi connectivity index (χ4v) is 0.503. The van der Waals surface area contributed by atoms with E-state index in [1.54, 1.807) is 17.3 Å². The van der Waals surface area contributed by atoms with Crippen LogP contribution in [0.15, 0.2) is 12.7 Å². The molecule has 0 radical (unpaired) electrons. The molecule has 8 nitrogen and oxygen atoms in total. The largest absolute Gasteiger partial charge is 0.356 e. The number of hydrogen-bond donors (Lipinski definition) is 1. The summed E-state index contributed by atoms with van der Waals surface area (Å²) >= 11 is 0. The molecule has 1 aromatic rings. The highest BCUT2D eigenvalue weighted by Gasteiger charge is 1.95. The summed E-state index contributed by atoms with van der Waals surface area (Å²) in [7, 11) is 0. The van der Waals surface area contributed by atoms with Gasteiger partial charge < -0.3 is 15.3 Å². The van der Waals surface area contributed by atoms with Crippen LogP contribution in [0, 0.1) is 15.3 Å². The first-order chi connectivity index (χ1) is 5.56. The van der Waals surface area contributed by atoms with E-state index in [9.17, 15) is 0 Å². The van der Waals surface area contributed by atoms with Crippen molar-refractivity contribution in [3.05, 3.63) is 28.0 Å². The van der Waals surface area contributed by atoms with Gasteiger partial charge in [0.2, 0.25) is 6.33 Å². The first kappa shape index (κ1) is 10.1. The minimum atomic E-state index is -1.75. The van der Waals surface area contributed by atoms with Crippen LogP contribution in [0.3, 0.4) is 0 Å².